The molecular formula is C14H16N2OS. The molecule has 0 aromatic carbocycles. The Hall–Kier alpha value is -1.13. The fourth-order valence-corrected chi connectivity index (χ4v) is 4.58. The molecule has 2 aromatic rings. The van der Waals surface area contributed by atoms with E-state index in [1.165, 1.54) is 16.1 Å². The van der Waals surface area contributed by atoms with Gasteiger partial charge >= 0.3 is 0 Å². The number of thiophene rings is 1. The molecule has 0 spiro atoms. The van der Waals surface area contributed by atoms with E-state index in [4.69, 9.17) is 0 Å². The summed E-state index contributed by atoms with van der Waals surface area (Å²) in [5.74, 6) is 0.654. The minimum atomic E-state index is -0.0762. The smallest absolute Gasteiger partial charge is 0.0957 e. The minimum absolute atomic E-state index is 0.0762. The van der Waals surface area contributed by atoms with Crippen molar-refractivity contribution in [1.82, 2.24) is 9.55 Å². The van der Waals surface area contributed by atoms with Crippen LogP contribution < -0.4 is 0 Å². The first kappa shape index (κ1) is 10.8. The Bertz CT molecular complexity index is 526. The normalized spacial score (nSPS) is 30.2. The van der Waals surface area contributed by atoms with Gasteiger partial charge in [-0.05, 0) is 43.0 Å². The first-order valence-corrected chi connectivity index (χ1v) is 7.50. The summed E-state index contributed by atoms with van der Waals surface area (Å²) in [6.45, 7) is 0. The van der Waals surface area contributed by atoms with E-state index in [-0.39, 0.29) is 6.10 Å². The molecule has 1 unspecified atom stereocenters. The minimum Gasteiger partial charge on any atom is -0.393 e. The van der Waals surface area contributed by atoms with E-state index < -0.39 is 0 Å². The Labute approximate surface area is 110 Å². The average Bonchev–Trinajstić information content (AvgIpc) is 3.03. The zero-order valence-electron chi connectivity index (χ0n) is 10.1. The van der Waals surface area contributed by atoms with Crippen LogP contribution in [0.15, 0.2) is 24.0 Å². The lowest BCUT2D eigenvalue weighted by Gasteiger charge is -2.30. The fraction of sp³-hybridized carbons (Fsp3) is 0.500. The van der Waals surface area contributed by atoms with Gasteiger partial charge in [0, 0.05) is 10.4 Å². The van der Waals surface area contributed by atoms with E-state index in [9.17, 15) is 5.11 Å². The quantitative estimate of drug-likeness (QED) is 0.855. The predicted molar refractivity (Wildman–Crippen MR) is 71.6 cm³/mol. The van der Waals surface area contributed by atoms with Gasteiger partial charge in [0.05, 0.1) is 30.4 Å². The highest BCUT2D eigenvalue weighted by molar-refractivity contribution is 7.10. The number of aromatic nitrogens is 2. The molecule has 0 radical (unpaired) electrons. The second kappa shape index (κ2) is 3.93. The van der Waals surface area contributed by atoms with E-state index in [2.05, 4.69) is 21.0 Å². The van der Waals surface area contributed by atoms with E-state index in [1.807, 2.05) is 23.9 Å². The molecule has 18 heavy (non-hydrogen) atoms. The van der Waals surface area contributed by atoms with Crippen molar-refractivity contribution in [3.05, 3.63) is 28.8 Å². The predicted octanol–water partition coefficient (Wildman–Crippen LogP) is 3.07. The molecule has 3 heterocycles. The lowest BCUT2D eigenvalue weighted by Crippen LogP contribution is -2.25. The van der Waals surface area contributed by atoms with Crippen molar-refractivity contribution in [2.45, 2.75) is 37.8 Å². The van der Waals surface area contributed by atoms with Crippen molar-refractivity contribution in [2.24, 2.45) is 5.92 Å². The maximum absolute atomic E-state index is 9.66. The van der Waals surface area contributed by atoms with Crippen molar-refractivity contribution < 1.29 is 5.11 Å². The van der Waals surface area contributed by atoms with Gasteiger partial charge in [-0.1, -0.05) is 0 Å². The van der Waals surface area contributed by atoms with Crippen LogP contribution in [0.25, 0.3) is 11.3 Å². The second-order valence-corrected chi connectivity index (χ2v) is 6.35. The molecule has 2 aromatic heterocycles. The third kappa shape index (κ3) is 1.42. The van der Waals surface area contributed by atoms with Crippen molar-refractivity contribution in [2.75, 3.05) is 0 Å². The highest BCUT2D eigenvalue weighted by Gasteiger charge is 2.36. The van der Waals surface area contributed by atoms with Crippen LogP contribution in [0.3, 0.4) is 0 Å². The molecule has 94 valence electrons. The average molecular weight is 260 g/mol. The number of imidazole rings is 1. The van der Waals surface area contributed by atoms with E-state index in [0.29, 0.717) is 12.0 Å². The van der Waals surface area contributed by atoms with Gasteiger partial charge in [0.1, 0.15) is 0 Å². The lowest BCUT2D eigenvalue weighted by atomic mass is 9.82. The van der Waals surface area contributed by atoms with Gasteiger partial charge in [-0.3, -0.25) is 0 Å². The standard InChI is InChI=1S/C14H16N2OS/c17-10-3-1-9(2-4-10)13-14-11(5-6-18-14)12-7-15-8-16(12)13/h5-10,13,17H,1-4H2/t9-,10-,13?. The number of nitrogens with zero attached hydrogens (tertiary/aromatic N) is 2. The third-order valence-electron chi connectivity index (χ3n) is 4.39. The van der Waals surface area contributed by atoms with E-state index >= 15 is 0 Å². The number of aliphatic hydroxyl groups is 1. The molecule has 1 aliphatic carbocycles. The van der Waals surface area contributed by atoms with Gasteiger partial charge in [0.25, 0.3) is 0 Å². The Kier molecular flexibility index (Phi) is 2.35. The van der Waals surface area contributed by atoms with Crippen LogP contribution in [0.1, 0.15) is 36.6 Å². The van der Waals surface area contributed by atoms with Crippen molar-refractivity contribution in [3.8, 4) is 11.3 Å². The lowest BCUT2D eigenvalue weighted by molar-refractivity contribution is 0.0991. The SMILES string of the molecule is O[C@H]1CC[C@H](C2c3sccc3-c3cncn32)CC1. The summed E-state index contributed by atoms with van der Waals surface area (Å²) in [5, 5.41) is 11.9. The Morgan fingerprint density at radius 1 is 1.28 bits per heavy atom. The first-order chi connectivity index (χ1) is 8.84. The molecule has 4 rings (SSSR count). The zero-order valence-corrected chi connectivity index (χ0v) is 10.9. The van der Waals surface area contributed by atoms with E-state index in [1.54, 1.807) is 0 Å². The monoisotopic (exact) mass is 260 g/mol. The maximum atomic E-state index is 9.66. The Morgan fingerprint density at radius 3 is 2.94 bits per heavy atom. The fourth-order valence-electron chi connectivity index (χ4n) is 3.48. The summed E-state index contributed by atoms with van der Waals surface area (Å²) >= 11 is 1.86. The summed E-state index contributed by atoms with van der Waals surface area (Å²) in [5.41, 5.74) is 2.64. The highest BCUT2D eigenvalue weighted by atomic mass is 32.1. The van der Waals surface area contributed by atoms with E-state index in [0.717, 1.165) is 25.7 Å². The summed E-state index contributed by atoms with van der Waals surface area (Å²) in [6, 6.07) is 2.68. The van der Waals surface area contributed by atoms with Crippen molar-refractivity contribution in [1.29, 1.82) is 0 Å². The summed E-state index contributed by atoms with van der Waals surface area (Å²) in [7, 11) is 0. The molecule has 3 nitrogen and oxygen atoms in total. The number of rotatable bonds is 1. The van der Waals surface area contributed by atoms with Crippen LogP contribution in [-0.2, 0) is 0 Å². The van der Waals surface area contributed by atoms with Gasteiger partial charge in [0.2, 0.25) is 0 Å². The van der Waals surface area contributed by atoms with Gasteiger partial charge in [0.15, 0.2) is 0 Å². The molecule has 1 saturated carbocycles. The summed E-state index contributed by atoms with van der Waals surface area (Å²) in [4.78, 5) is 5.79. The van der Waals surface area contributed by atoms with Crippen LogP contribution >= 0.6 is 11.3 Å². The first-order valence-electron chi connectivity index (χ1n) is 6.62. The Balaban J connectivity index is 1.74. The van der Waals surface area contributed by atoms with Crippen LogP contribution in [0.5, 0.6) is 0 Å². The van der Waals surface area contributed by atoms with Crippen LogP contribution in [0.2, 0.25) is 0 Å². The number of hydrogen-bond donors (Lipinski definition) is 1. The summed E-state index contributed by atoms with van der Waals surface area (Å²) in [6.07, 6.45) is 8.02. The third-order valence-corrected chi connectivity index (χ3v) is 5.38. The highest BCUT2D eigenvalue weighted by Crippen LogP contribution is 2.49. The molecule has 1 fully saturated rings. The number of aliphatic hydroxyl groups excluding tert-OH is 1. The van der Waals surface area contributed by atoms with Gasteiger partial charge < -0.3 is 9.67 Å². The van der Waals surface area contributed by atoms with Crippen LogP contribution in [0, 0.1) is 5.92 Å². The maximum Gasteiger partial charge on any atom is 0.0957 e. The molecule has 1 N–H and O–H groups in total. The second-order valence-electron chi connectivity index (χ2n) is 5.40. The molecule has 2 aliphatic rings. The molecule has 0 saturated heterocycles. The zero-order chi connectivity index (χ0) is 12.1. The molecule has 0 amide bonds. The van der Waals surface area contributed by atoms with Crippen LogP contribution in [-0.4, -0.2) is 20.8 Å². The van der Waals surface area contributed by atoms with Crippen LogP contribution in [0.4, 0.5) is 0 Å². The molecular weight excluding hydrogens is 244 g/mol. The summed E-state index contributed by atoms with van der Waals surface area (Å²) < 4.78 is 2.34. The van der Waals surface area contributed by atoms with Gasteiger partial charge in [-0.15, -0.1) is 11.3 Å². The number of fused-ring (bicyclic) bond motifs is 3. The van der Waals surface area contributed by atoms with Crippen molar-refractivity contribution in [3.63, 3.8) is 0 Å². The van der Waals surface area contributed by atoms with Crippen molar-refractivity contribution >= 4 is 11.3 Å². The topological polar surface area (TPSA) is 38.1 Å². The molecule has 4 heteroatoms. The molecule has 1 aliphatic heterocycles. The van der Waals surface area contributed by atoms with Gasteiger partial charge in [-0.25, -0.2) is 4.98 Å². The largest absolute Gasteiger partial charge is 0.393 e. The molecule has 0 bridgehead atoms. The number of hydrogen-bond acceptors (Lipinski definition) is 3. The van der Waals surface area contributed by atoms with Gasteiger partial charge in [-0.2, -0.15) is 0 Å². The molecule has 1 atom stereocenters. The Morgan fingerprint density at radius 2 is 2.11 bits per heavy atom.